The zero-order chi connectivity index (χ0) is 18.6. The van der Waals surface area contributed by atoms with E-state index >= 15 is 0 Å². The van der Waals surface area contributed by atoms with Crippen LogP contribution in [-0.4, -0.2) is 47.7 Å². The van der Waals surface area contributed by atoms with Crippen LogP contribution in [0.1, 0.15) is 11.7 Å². The van der Waals surface area contributed by atoms with Gasteiger partial charge in [-0.3, -0.25) is 4.90 Å². The quantitative estimate of drug-likeness (QED) is 0.727. The van der Waals surface area contributed by atoms with Crippen LogP contribution in [0.4, 0.5) is 9.52 Å². The molecule has 1 N–H and O–H groups in total. The van der Waals surface area contributed by atoms with E-state index in [9.17, 15) is 9.50 Å². The molecule has 0 aliphatic carbocycles. The Morgan fingerprint density at radius 1 is 1.00 bits per heavy atom. The maximum Gasteiger partial charge on any atom is 0.185 e. The topological polar surface area (TPSA) is 39.6 Å². The molecule has 4 nitrogen and oxygen atoms in total. The summed E-state index contributed by atoms with van der Waals surface area (Å²) in [6.45, 7) is 4.22. The third-order valence-electron chi connectivity index (χ3n) is 4.89. The van der Waals surface area contributed by atoms with Gasteiger partial charge in [0, 0.05) is 43.7 Å². The highest BCUT2D eigenvalue weighted by molar-refractivity contribution is 7.14. The summed E-state index contributed by atoms with van der Waals surface area (Å²) in [5, 5.41) is 13.4. The fraction of sp³-hybridized carbons (Fsp3) is 0.286. The highest BCUT2D eigenvalue weighted by atomic mass is 32.1. The first-order chi connectivity index (χ1) is 13.2. The smallest absolute Gasteiger partial charge is 0.185 e. The summed E-state index contributed by atoms with van der Waals surface area (Å²) < 4.78 is 13.1. The lowest BCUT2D eigenvalue weighted by atomic mass is 10.1. The Bertz CT molecular complexity index is 861. The van der Waals surface area contributed by atoms with E-state index in [4.69, 9.17) is 4.98 Å². The van der Waals surface area contributed by atoms with Crippen molar-refractivity contribution >= 4 is 16.5 Å². The van der Waals surface area contributed by atoms with Gasteiger partial charge in [-0.15, -0.1) is 11.3 Å². The van der Waals surface area contributed by atoms with Gasteiger partial charge in [0.25, 0.3) is 0 Å². The van der Waals surface area contributed by atoms with Crippen LogP contribution in [0.5, 0.6) is 0 Å². The molecule has 0 spiro atoms. The van der Waals surface area contributed by atoms with E-state index in [1.165, 1.54) is 12.1 Å². The summed E-state index contributed by atoms with van der Waals surface area (Å²) in [6.07, 6.45) is -0.456. The zero-order valence-electron chi connectivity index (χ0n) is 15.0. The van der Waals surface area contributed by atoms with E-state index in [2.05, 4.69) is 9.80 Å². The number of thiazole rings is 1. The van der Waals surface area contributed by atoms with Gasteiger partial charge in [0.1, 0.15) is 5.82 Å². The summed E-state index contributed by atoms with van der Waals surface area (Å²) in [5.41, 5.74) is 2.78. The highest BCUT2D eigenvalue weighted by Crippen LogP contribution is 2.28. The first kappa shape index (κ1) is 18.1. The molecule has 1 aliphatic heterocycles. The Balaban J connectivity index is 1.33. The van der Waals surface area contributed by atoms with E-state index in [-0.39, 0.29) is 5.82 Å². The number of hydrogen-bond donors (Lipinski definition) is 1. The molecule has 140 valence electrons. The summed E-state index contributed by atoms with van der Waals surface area (Å²) in [5.74, 6) is -0.233. The Morgan fingerprint density at radius 2 is 1.70 bits per heavy atom. The molecule has 27 heavy (non-hydrogen) atoms. The fourth-order valence-electron chi connectivity index (χ4n) is 3.31. The average Bonchev–Trinajstić information content (AvgIpc) is 3.20. The fourth-order valence-corrected chi connectivity index (χ4v) is 4.20. The number of nitrogens with zero attached hydrogens (tertiary/aromatic N) is 3. The predicted molar refractivity (Wildman–Crippen MR) is 108 cm³/mol. The lowest BCUT2D eigenvalue weighted by Crippen LogP contribution is -2.47. The summed E-state index contributed by atoms with van der Waals surface area (Å²) >= 11 is 1.62. The average molecular weight is 383 g/mol. The van der Waals surface area contributed by atoms with Crippen LogP contribution in [0.25, 0.3) is 11.3 Å². The molecule has 2 heterocycles. The van der Waals surface area contributed by atoms with Crippen molar-refractivity contribution in [3.63, 3.8) is 0 Å². The van der Waals surface area contributed by atoms with E-state index in [0.717, 1.165) is 48.1 Å². The Kier molecular flexibility index (Phi) is 5.48. The van der Waals surface area contributed by atoms with Crippen LogP contribution >= 0.6 is 11.3 Å². The third kappa shape index (κ3) is 4.35. The van der Waals surface area contributed by atoms with Crippen LogP contribution in [0.3, 0.4) is 0 Å². The number of benzene rings is 2. The van der Waals surface area contributed by atoms with E-state index in [1.807, 2.05) is 35.7 Å². The molecule has 0 saturated carbocycles. The van der Waals surface area contributed by atoms with E-state index < -0.39 is 6.10 Å². The van der Waals surface area contributed by atoms with Crippen molar-refractivity contribution in [1.29, 1.82) is 0 Å². The maximum absolute atomic E-state index is 13.1. The minimum Gasteiger partial charge on any atom is -0.387 e. The van der Waals surface area contributed by atoms with Gasteiger partial charge >= 0.3 is 0 Å². The third-order valence-corrected chi connectivity index (χ3v) is 5.79. The largest absolute Gasteiger partial charge is 0.387 e. The van der Waals surface area contributed by atoms with Gasteiger partial charge in [0.2, 0.25) is 0 Å². The SMILES string of the molecule is OC(CN1CCN(c2nc(-c3ccc(F)cc3)cs2)CC1)c1ccccc1. The molecule has 2 aromatic carbocycles. The van der Waals surface area contributed by atoms with Gasteiger partial charge in [0.15, 0.2) is 5.13 Å². The lowest BCUT2D eigenvalue weighted by molar-refractivity contribution is 0.109. The van der Waals surface area contributed by atoms with Gasteiger partial charge in [0.05, 0.1) is 11.8 Å². The normalized spacial score (nSPS) is 16.4. The van der Waals surface area contributed by atoms with Crippen molar-refractivity contribution in [3.05, 3.63) is 71.4 Å². The zero-order valence-corrected chi connectivity index (χ0v) is 15.8. The Morgan fingerprint density at radius 3 is 2.41 bits per heavy atom. The first-order valence-corrected chi connectivity index (χ1v) is 9.99. The molecule has 3 aromatic rings. The molecule has 0 radical (unpaired) electrons. The van der Waals surface area contributed by atoms with Gasteiger partial charge in [-0.2, -0.15) is 0 Å². The molecule has 1 atom stereocenters. The Hall–Kier alpha value is -2.28. The van der Waals surface area contributed by atoms with Crippen LogP contribution < -0.4 is 4.90 Å². The van der Waals surface area contributed by atoms with Crippen LogP contribution in [0, 0.1) is 5.82 Å². The van der Waals surface area contributed by atoms with Crippen LogP contribution in [0.2, 0.25) is 0 Å². The lowest BCUT2D eigenvalue weighted by Gasteiger charge is -2.35. The molecule has 4 rings (SSSR count). The minimum atomic E-state index is -0.456. The number of halogens is 1. The molecular weight excluding hydrogens is 361 g/mol. The van der Waals surface area contributed by atoms with Crippen molar-refractivity contribution in [2.45, 2.75) is 6.10 Å². The van der Waals surface area contributed by atoms with Crippen molar-refractivity contribution in [3.8, 4) is 11.3 Å². The predicted octanol–water partition coefficient (Wildman–Crippen LogP) is 3.80. The summed E-state index contributed by atoms with van der Waals surface area (Å²) in [7, 11) is 0. The van der Waals surface area contributed by atoms with Crippen LogP contribution in [-0.2, 0) is 0 Å². The number of aliphatic hydroxyl groups is 1. The number of β-amino-alcohol motifs (C(OH)–C–C–N with tert-alkyl or cyclic N) is 1. The van der Waals surface area contributed by atoms with Crippen LogP contribution in [0.15, 0.2) is 60.0 Å². The summed E-state index contributed by atoms with van der Waals surface area (Å²) in [6, 6.07) is 16.3. The van der Waals surface area contributed by atoms with Crippen molar-refractivity contribution in [2.75, 3.05) is 37.6 Å². The molecule has 6 heteroatoms. The second kappa shape index (κ2) is 8.17. The molecule has 1 saturated heterocycles. The second-order valence-electron chi connectivity index (χ2n) is 6.74. The standard InChI is InChI=1S/C21H22FN3OS/c22-18-8-6-16(7-9-18)19-15-27-21(23-19)25-12-10-24(11-13-25)14-20(26)17-4-2-1-3-5-17/h1-9,15,20,26H,10-14H2. The molecule has 1 fully saturated rings. The minimum absolute atomic E-state index is 0.233. The number of aromatic nitrogens is 1. The van der Waals surface area contributed by atoms with Crippen molar-refractivity contribution in [1.82, 2.24) is 9.88 Å². The van der Waals surface area contributed by atoms with Gasteiger partial charge in [-0.1, -0.05) is 30.3 Å². The Labute approximate surface area is 162 Å². The number of hydrogen-bond acceptors (Lipinski definition) is 5. The molecule has 1 aromatic heterocycles. The number of piperazine rings is 1. The molecule has 0 bridgehead atoms. The van der Waals surface area contributed by atoms with Gasteiger partial charge in [-0.25, -0.2) is 9.37 Å². The molecule has 1 unspecified atom stereocenters. The monoisotopic (exact) mass is 383 g/mol. The van der Waals surface area contributed by atoms with Crippen molar-refractivity contribution < 1.29 is 9.50 Å². The number of aliphatic hydroxyl groups excluding tert-OH is 1. The first-order valence-electron chi connectivity index (χ1n) is 9.11. The summed E-state index contributed by atoms with van der Waals surface area (Å²) in [4.78, 5) is 9.30. The number of rotatable bonds is 5. The van der Waals surface area contributed by atoms with Crippen molar-refractivity contribution in [2.24, 2.45) is 0 Å². The van der Waals surface area contributed by atoms with E-state index in [1.54, 1.807) is 23.5 Å². The van der Waals surface area contributed by atoms with Gasteiger partial charge < -0.3 is 10.0 Å². The highest BCUT2D eigenvalue weighted by Gasteiger charge is 2.22. The van der Waals surface area contributed by atoms with Gasteiger partial charge in [-0.05, 0) is 29.8 Å². The molecule has 1 aliphatic rings. The molecule has 0 amide bonds. The maximum atomic E-state index is 13.1. The number of anilines is 1. The molecular formula is C21H22FN3OS. The second-order valence-corrected chi connectivity index (χ2v) is 7.57. The van der Waals surface area contributed by atoms with E-state index in [0.29, 0.717) is 6.54 Å².